The van der Waals surface area contributed by atoms with Gasteiger partial charge in [0.25, 0.3) is 0 Å². The Morgan fingerprint density at radius 2 is 0.942 bits per heavy atom. The maximum Gasteiger partial charge on any atom is 0.146 e. The molecule has 4 aliphatic rings. The lowest BCUT2D eigenvalue weighted by Crippen LogP contribution is -2.19. The number of halogens is 6. The molecule has 0 saturated carbocycles. The van der Waals surface area contributed by atoms with E-state index in [-0.39, 0.29) is 12.2 Å². The van der Waals surface area contributed by atoms with Gasteiger partial charge in [0.15, 0.2) is 0 Å². The molecular formula is C44H24Cl6O2. The van der Waals surface area contributed by atoms with Crippen LogP contribution < -0.4 is 0 Å². The van der Waals surface area contributed by atoms with Gasteiger partial charge in [-0.15, -0.1) is 0 Å². The van der Waals surface area contributed by atoms with E-state index in [1.807, 2.05) is 97.1 Å². The zero-order valence-corrected chi connectivity index (χ0v) is 31.5. The van der Waals surface area contributed by atoms with Crippen molar-refractivity contribution in [2.45, 2.75) is 17.8 Å². The molecule has 0 spiro atoms. The third kappa shape index (κ3) is 5.39. The first-order valence-corrected chi connectivity index (χ1v) is 19.0. The largest absolute Gasteiger partial charge is 0.361 e. The Morgan fingerprint density at radius 1 is 0.481 bits per heavy atom. The number of epoxide rings is 2. The summed E-state index contributed by atoms with van der Waals surface area (Å²) < 4.78 is 13.1. The number of hydrogen-bond acceptors (Lipinski definition) is 2. The summed E-state index contributed by atoms with van der Waals surface area (Å²) in [5.74, 6) is 0. The molecule has 2 heterocycles. The second-order valence-corrected chi connectivity index (χ2v) is 16.2. The molecule has 2 saturated heterocycles. The molecule has 8 heteroatoms. The molecule has 6 aromatic rings. The summed E-state index contributed by atoms with van der Waals surface area (Å²) in [5.41, 5.74) is 13.9. The van der Waals surface area contributed by atoms with Crippen LogP contribution in [0.1, 0.15) is 50.6 Å². The SMILES string of the molecule is Clc1ccc(C=C2c3cc(Cl)ccc3-c3c2cc(Cl)cc3C2OC2C2(c3cc(Cl)cc4c3-c3ccc(Cl)cc3C4=Cc3ccc(Cl)cc3)CO2)cc1. The van der Waals surface area contributed by atoms with Crippen molar-refractivity contribution in [1.29, 1.82) is 0 Å². The fourth-order valence-electron chi connectivity index (χ4n) is 8.03. The highest BCUT2D eigenvalue weighted by molar-refractivity contribution is 6.33. The highest BCUT2D eigenvalue weighted by Crippen LogP contribution is 2.63. The zero-order chi connectivity index (χ0) is 35.5. The first kappa shape index (κ1) is 33.1. The van der Waals surface area contributed by atoms with Crippen molar-refractivity contribution in [1.82, 2.24) is 0 Å². The van der Waals surface area contributed by atoms with Gasteiger partial charge in [-0.2, -0.15) is 0 Å². The molecule has 3 unspecified atom stereocenters. The highest BCUT2D eigenvalue weighted by atomic mass is 35.5. The van der Waals surface area contributed by atoms with Crippen LogP contribution >= 0.6 is 69.6 Å². The summed E-state index contributed by atoms with van der Waals surface area (Å²) >= 11 is 39.5. The van der Waals surface area contributed by atoms with E-state index in [4.69, 9.17) is 79.1 Å². The first-order chi connectivity index (χ1) is 25.2. The minimum Gasteiger partial charge on any atom is -0.361 e. The summed E-state index contributed by atoms with van der Waals surface area (Å²) in [5, 5.41) is 3.93. The van der Waals surface area contributed by atoms with E-state index in [0.717, 1.165) is 77.9 Å². The van der Waals surface area contributed by atoms with Gasteiger partial charge in [-0.25, -0.2) is 0 Å². The van der Waals surface area contributed by atoms with Gasteiger partial charge in [-0.3, -0.25) is 0 Å². The number of benzene rings is 6. The molecule has 3 atom stereocenters. The number of hydrogen-bond donors (Lipinski definition) is 0. The Hall–Kier alpha value is -3.54. The molecule has 0 N–H and O–H groups in total. The summed E-state index contributed by atoms with van der Waals surface area (Å²) in [7, 11) is 0. The third-order valence-electron chi connectivity index (χ3n) is 10.4. The van der Waals surface area contributed by atoms with Crippen LogP contribution in [0.3, 0.4) is 0 Å². The van der Waals surface area contributed by atoms with Gasteiger partial charge in [-0.1, -0.05) is 106 Å². The normalized spacial score (nSPS) is 22.0. The molecule has 2 fully saturated rings. The van der Waals surface area contributed by atoms with E-state index in [9.17, 15) is 0 Å². The van der Waals surface area contributed by atoms with Crippen molar-refractivity contribution in [2.24, 2.45) is 0 Å². The van der Waals surface area contributed by atoms with Crippen LogP contribution in [0.4, 0.5) is 0 Å². The van der Waals surface area contributed by atoms with E-state index < -0.39 is 5.60 Å². The lowest BCUT2D eigenvalue weighted by Gasteiger charge is -2.17. The summed E-state index contributed by atoms with van der Waals surface area (Å²) in [6.07, 6.45) is 3.78. The molecule has 2 nitrogen and oxygen atoms in total. The van der Waals surface area contributed by atoms with Crippen LogP contribution in [0.15, 0.2) is 109 Å². The quantitative estimate of drug-likeness (QED) is 0.162. The van der Waals surface area contributed by atoms with Gasteiger partial charge in [-0.05, 0) is 163 Å². The lowest BCUT2D eigenvalue weighted by molar-refractivity contribution is 0.237. The van der Waals surface area contributed by atoms with Gasteiger partial charge in [0.05, 0.1) is 6.61 Å². The second-order valence-electron chi connectivity index (χ2n) is 13.5. The average Bonchev–Trinajstić information content (AvgIpc) is 4.05. The van der Waals surface area contributed by atoms with E-state index in [1.54, 1.807) is 0 Å². The molecule has 2 aliphatic carbocycles. The Labute approximate surface area is 330 Å². The molecule has 0 amide bonds. The predicted octanol–water partition coefficient (Wildman–Crippen LogP) is 14.1. The zero-order valence-electron chi connectivity index (χ0n) is 27.0. The Bertz CT molecular complexity index is 2570. The molecule has 254 valence electrons. The minimum absolute atomic E-state index is 0.266. The van der Waals surface area contributed by atoms with Gasteiger partial charge < -0.3 is 9.47 Å². The molecule has 52 heavy (non-hydrogen) atoms. The molecule has 6 aromatic carbocycles. The van der Waals surface area contributed by atoms with E-state index in [1.165, 1.54) is 0 Å². The second kappa shape index (κ2) is 12.2. The lowest BCUT2D eigenvalue weighted by atomic mass is 9.85. The fourth-order valence-corrected chi connectivity index (χ4v) is 9.07. The van der Waals surface area contributed by atoms with Crippen LogP contribution in [-0.4, -0.2) is 12.7 Å². The van der Waals surface area contributed by atoms with E-state index in [0.29, 0.717) is 36.7 Å². The van der Waals surface area contributed by atoms with Crippen molar-refractivity contribution in [3.05, 3.63) is 184 Å². The Morgan fingerprint density at radius 3 is 1.48 bits per heavy atom. The van der Waals surface area contributed by atoms with Crippen molar-refractivity contribution in [3.8, 4) is 22.3 Å². The highest BCUT2D eigenvalue weighted by Gasteiger charge is 2.66. The Balaban J connectivity index is 1.09. The van der Waals surface area contributed by atoms with Crippen LogP contribution in [0, 0.1) is 0 Å². The van der Waals surface area contributed by atoms with Crippen molar-refractivity contribution >= 4 is 92.9 Å². The summed E-state index contributed by atoms with van der Waals surface area (Å²) in [6, 6.07) is 35.7. The molecule has 10 rings (SSSR count). The van der Waals surface area contributed by atoms with Gasteiger partial charge in [0, 0.05) is 30.1 Å². The standard InChI is InChI=1S/C44H24Cl6O2/c45-24-5-1-22(2-6-24)13-32-34-15-26(47)9-11-30(34)40-36(32)17-28(49)19-38(40)42-43(52-42)44(21-51-44)39-20-29(50)18-37-33(14-23-3-7-25(46)8-4-23)35-16-27(48)10-12-31(35)41(37)39/h1-20,42-43H,21H2. The average molecular weight is 797 g/mol. The van der Waals surface area contributed by atoms with E-state index >= 15 is 0 Å². The molecule has 2 aliphatic heterocycles. The monoisotopic (exact) mass is 794 g/mol. The molecule has 0 bridgehead atoms. The van der Waals surface area contributed by atoms with E-state index in [2.05, 4.69) is 24.3 Å². The summed E-state index contributed by atoms with van der Waals surface area (Å²) in [6.45, 7) is 0.497. The number of rotatable bonds is 5. The predicted molar refractivity (Wildman–Crippen MR) is 216 cm³/mol. The third-order valence-corrected chi connectivity index (χ3v) is 11.8. The molecular weight excluding hydrogens is 773 g/mol. The topological polar surface area (TPSA) is 25.1 Å². The maximum atomic E-state index is 6.95. The van der Waals surface area contributed by atoms with Crippen molar-refractivity contribution in [3.63, 3.8) is 0 Å². The maximum absolute atomic E-state index is 6.95. The van der Waals surface area contributed by atoms with Crippen LogP contribution in [-0.2, 0) is 15.1 Å². The Kier molecular flexibility index (Phi) is 7.79. The van der Waals surface area contributed by atoms with Gasteiger partial charge in [0.2, 0.25) is 0 Å². The fraction of sp³-hybridized carbons (Fsp3) is 0.0909. The number of ether oxygens (including phenoxy) is 2. The van der Waals surface area contributed by atoms with Crippen LogP contribution in [0.25, 0.3) is 45.6 Å². The molecule has 0 aromatic heterocycles. The number of fused-ring (bicyclic) bond motifs is 6. The van der Waals surface area contributed by atoms with Gasteiger partial charge in [0.1, 0.15) is 17.8 Å². The smallest absolute Gasteiger partial charge is 0.146 e. The van der Waals surface area contributed by atoms with Crippen LogP contribution in [0.5, 0.6) is 0 Å². The molecule has 0 radical (unpaired) electrons. The minimum atomic E-state index is -0.703. The van der Waals surface area contributed by atoms with Crippen molar-refractivity contribution < 1.29 is 9.47 Å². The van der Waals surface area contributed by atoms with Gasteiger partial charge >= 0.3 is 0 Å². The van der Waals surface area contributed by atoms with Crippen LogP contribution in [0.2, 0.25) is 30.1 Å². The summed E-state index contributed by atoms with van der Waals surface area (Å²) in [4.78, 5) is 0. The first-order valence-electron chi connectivity index (χ1n) is 16.7. The van der Waals surface area contributed by atoms with Crippen molar-refractivity contribution in [2.75, 3.05) is 6.61 Å².